The molecule has 2 aliphatic rings. The predicted octanol–water partition coefficient (Wildman–Crippen LogP) is 3.29. The van der Waals surface area contributed by atoms with Gasteiger partial charge in [-0.25, -0.2) is 4.99 Å². The molecule has 0 aromatic heterocycles. The number of hydrogen-bond donors (Lipinski definition) is 3. The van der Waals surface area contributed by atoms with Crippen LogP contribution in [0, 0.1) is 6.92 Å². The van der Waals surface area contributed by atoms with Crippen LogP contribution in [0.25, 0.3) is 0 Å². The second-order valence-electron chi connectivity index (χ2n) is 6.29. The fraction of sp³-hybridized carbons (Fsp3) is 0.579. The number of benzene rings is 1. The van der Waals surface area contributed by atoms with Crippen molar-refractivity contribution in [3.05, 3.63) is 29.8 Å². The topological polar surface area (TPSA) is 79.5 Å². The lowest BCUT2D eigenvalue weighted by Gasteiger charge is -2.14. The minimum Gasteiger partial charge on any atom is -0.370 e. The summed E-state index contributed by atoms with van der Waals surface area (Å²) in [5, 5.41) is 6.71. The molecule has 1 fully saturated rings. The molecule has 0 spiro atoms. The lowest BCUT2D eigenvalue weighted by Crippen LogP contribution is -2.38. The number of nitrogens with two attached hydrogens (primary N) is 1. The smallest absolute Gasteiger partial charge is 0.224 e. The number of fused-ring (bicyclic) bond motifs is 1. The molecule has 25 heavy (non-hydrogen) atoms. The lowest BCUT2D eigenvalue weighted by molar-refractivity contribution is -0.116. The van der Waals surface area contributed by atoms with Gasteiger partial charge in [-0.1, -0.05) is 38.0 Å². The Hall–Kier alpha value is -1.69. The summed E-state index contributed by atoms with van der Waals surface area (Å²) in [6.45, 7) is 6.04. The molecule has 1 saturated heterocycles. The number of anilines is 1. The van der Waals surface area contributed by atoms with E-state index in [9.17, 15) is 4.79 Å². The number of carbonyl (C=O) groups is 1. The summed E-state index contributed by atoms with van der Waals surface area (Å²) in [4.78, 5) is 16.4. The molecule has 0 saturated carbocycles. The van der Waals surface area contributed by atoms with Crippen LogP contribution in [0.1, 0.15) is 45.1 Å². The number of aryl methyl sites for hydroxylation is 1. The highest BCUT2D eigenvalue weighted by atomic mass is 32.2. The fourth-order valence-corrected chi connectivity index (χ4v) is 4.63. The van der Waals surface area contributed by atoms with Gasteiger partial charge in [0.25, 0.3) is 0 Å². The van der Waals surface area contributed by atoms with Gasteiger partial charge in [0.2, 0.25) is 5.91 Å². The Balaban J connectivity index is 0.00000109. The molecule has 3 atom stereocenters. The molecule has 4 N–H and O–H groups in total. The highest BCUT2D eigenvalue weighted by Gasteiger charge is 2.39. The molecule has 0 radical (unpaired) electrons. The molecular formula is C19H30N4OS. The molecule has 2 aliphatic heterocycles. The second kappa shape index (κ2) is 9.70. The van der Waals surface area contributed by atoms with Crippen LogP contribution in [-0.4, -0.2) is 35.0 Å². The summed E-state index contributed by atoms with van der Waals surface area (Å²) < 4.78 is 0. The number of rotatable bonds is 6. The van der Waals surface area contributed by atoms with Crippen LogP contribution in [0.5, 0.6) is 0 Å². The average molecular weight is 363 g/mol. The van der Waals surface area contributed by atoms with E-state index < -0.39 is 0 Å². The van der Waals surface area contributed by atoms with Crippen LogP contribution < -0.4 is 16.4 Å². The molecule has 1 amide bonds. The van der Waals surface area contributed by atoms with E-state index in [1.807, 2.05) is 56.8 Å². The molecule has 138 valence electrons. The molecular weight excluding hydrogens is 332 g/mol. The monoisotopic (exact) mass is 362 g/mol. The van der Waals surface area contributed by atoms with Crippen molar-refractivity contribution >= 4 is 29.3 Å². The Morgan fingerprint density at radius 1 is 1.32 bits per heavy atom. The van der Waals surface area contributed by atoms with Gasteiger partial charge in [0, 0.05) is 23.1 Å². The van der Waals surface area contributed by atoms with Gasteiger partial charge < -0.3 is 16.4 Å². The van der Waals surface area contributed by atoms with E-state index in [4.69, 9.17) is 5.73 Å². The van der Waals surface area contributed by atoms with Crippen molar-refractivity contribution in [2.24, 2.45) is 10.7 Å². The van der Waals surface area contributed by atoms with E-state index >= 15 is 0 Å². The first-order chi connectivity index (χ1) is 12.1. The number of guanidine groups is 1. The van der Waals surface area contributed by atoms with Crippen molar-refractivity contribution < 1.29 is 4.79 Å². The third kappa shape index (κ3) is 5.66. The first-order valence-electron chi connectivity index (χ1n) is 9.20. The van der Waals surface area contributed by atoms with Crippen molar-refractivity contribution in [1.29, 1.82) is 0 Å². The maximum Gasteiger partial charge on any atom is 0.224 e. The van der Waals surface area contributed by atoms with Gasteiger partial charge in [-0.2, -0.15) is 11.8 Å². The number of hydrogen-bond acceptors (Lipinski definition) is 5. The van der Waals surface area contributed by atoms with Crippen molar-refractivity contribution in [3.8, 4) is 0 Å². The first kappa shape index (κ1) is 19.6. The molecule has 5 nitrogen and oxygen atoms in total. The summed E-state index contributed by atoms with van der Waals surface area (Å²) >= 11 is 1.97. The minimum atomic E-state index is 0.0932. The Bertz CT molecular complexity index is 588. The SMILES string of the molecule is CC.Cc1ccc(NC(=O)CCCCC2SCC3NC(N)=NC32)cc1. The normalized spacial score (nSPS) is 23.8. The van der Waals surface area contributed by atoms with E-state index in [1.54, 1.807) is 0 Å². The average Bonchev–Trinajstić information content (AvgIpc) is 3.15. The highest BCUT2D eigenvalue weighted by Crippen LogP contribution is 2.35. The van der Waals surface area contributed by atoms with E-state index in [-0.39, 0.29) is 5.91 Å². The van der Waals surface area contributed by atoms with E-state index in [0.717, 1.165) is 30.7 Å². The molecule has 0 aliphatic carbocycles. The van der Waals surface area contributed by atoms with Gasteiger partial charge in [-0.3, -0.25) is 4.79 Å². The Labute approximate surface area is 155 Å². The number of thioether (sulfide) groups is 1. The van der Waals surface area contributed by atoms with E-state index in [2.05, 4.69) is 15.6 Å². The third-order valence-electron chi connectivity index (χ3n) is 4.38. The number of nitrogens with one attached hydrogen (secondary N) is 2. The standard InChI is InChI=1S/C17H24N4OS.C2H6/c1-11-6-8-12(9-7-11)19-15(22)5-3-2-4-14-16-13(10-23-14)20-17(18)21-16;1-2/h6-9,13-14,16H,2-5,10H2,1H3,(H,19,22)(H3,18,20,21);1-2H3. The van der Waals surface area contributed by atoms with Crippen LogP contribution in [0.3, 0.4) is 0 Å². The van der Waals surface area contributed by atoms with Crippen molar-refractivity contribution in [2.45, 2.75) is 63.8 Å². The third-order valence-corrected chi connectivity index (χ3v) is 5.88. The van der Waals surface area contributed by atoms with Crippen LogP contribution in [0.2, 0.25) is 0 Å². The summed E-state index contributed by atoms with van der Waals surface area (Å²) in [7, 11) is 0. The first-order valence-corrected chi connectivity index (χ1v) is 10.2. The molecule has 1 aromatic rings. The van der Waals surface area contributed by atoms with Gasteiger partial charge in [0.15, 0.2) is 5.96 Å². The predicted molar refractivity (Wildman–Crippen MR) is 108 cm³/mol. The Morgan fingerprint density at radius 3 is 2.76 bits per heavy atom. The van der Waals surface area contributed by atoms with Crippen LogP contribution in [0.4, 0.5) is 5.69 Å². The van der Waals surface area contributed by atoms with Gasteiger partial charge in [0.1, 0.15) is 0 Å². The fourth-order valence-electron chi connectivity index (χ4n) is 3.12. The maximum absolute atomic E-state index is 12.0. The summed E-state index contributed by atoms with van der Waals surface area (Å²) in [6, 6.07) is 8.63. The number of unbranched alkanes of at least 4 members (excludes halogenated alkanes) is 1. The lowest BCUT2D eigenvalue weighted by atomic mass is 10.0. The Kier molecular flexibility index (Phi) is 7.62. The van der Waals surface area contributed by atoms with Crippen molar-refractivity contribution in [1.82, 2.24) is 5.32 Å². The quantitative estimate of drug-likeness (QED) is 0.679. The van der Waals surface area contributed by atoms with Gasteiger partial charge in [-0.05, 0) is 31.9 Å². The van der Waals surface area contributed by atoms with E-state index in [1.165, 1.54) is 5.56 Å². The van der Waals surface area contributed by atoms with Crippen LogP contribution in [0.15, 0.2) is 29.3 Å². The molecule has 3 rings (SSSR count). The summed E-state index contributed by atoms with van der Waals surface area (Å²) in [5.41, 5.74) is 7.81. The van der Waals surface area contributed by atoms with E-state index in [0.29, 0.717) is 29.7 Å². The molecule has 6 heteroatoms. The molecule has 1 aromatic carbocycles. The zero-order chi connectivity index (χ0) is 18.2. The minimum absolute atomic E-state index is 0.0932. The summed E-state index contributed by atoms with van der Waals surface area (Å²) in [5.74, 6) is 1.76. The molecule has 2 heterocycles. The second-order valence-corrected chi connectivity index (χ2v) is 7.56. The maximum atomic E-state index is 12.0. The highest BCUT2D eigenvalue weighted by molar-refractivity contribution is 8.00. The number of nitrogens with zero attached hydrogens (tertiary/aromatic N) is 1. The number of carbonyl (C=O) groups excluding carboxylic acids is 1. The van der Waals surface area contributed by atoms with Crippen LogP contribution in [-0.2, 0) is 4.79 Å². The summed E-state index contributed by atoms with van der Waals surface area (Å²) in [6.07, 6.45) is 3.64. The van der Waals surface area contributed by atoms with Crippen LogP contribution >= 0.6 is 11.8 Å². The Morgan fingerprint density at radius 2 is 2.04 bits per heavy atom. The largest absolute Gasteiger partial charge is 0.370 e. The van der Waals surface area contributed by atoms with Crippen molar-refractivity contribution in [3.63, 3.8) is 0 Å². The van der Waals surface area contributed by atoms with Crippen molar-refractivity contribution in [2.75, 3.05) is 11.1 Å². The number of amides is 1. The zero-order valence-electron chi connectivity index (χ0n) is 15.4. The van der Waals surface area contributed by atoms with Gasteiger partial charge in [-0.15, -0.1) is 0 Å². The van der Waals surface area contributed by atoms with Gasteiger partial charge >= 0.3 is 0 Å². The number of aliphatic imine (C=N–C) groups is 1. The molecule has 3 unspecified atom stereocenters. The zero-order valence-corrected chi connectivity index (χ0v) is 16.2. The molecule has 0 bridgehead atoms. The van der Waals surface area contributed by atoms with Gasteiger partial charge in [0.05, 0.1) is 12.1 Å².